The average Bonchev–Trinajstić information content (AvgIpc) is 2.76. The minimum Gasteiger partial charge on any atom is -0.334 e. The molecule has 2 heteroatoms. The van der Waals surface area contributed by atoms with Crippen LogP contribution in [0.5, 0.6) is 0 Å². The Morgan fingerprint density at radius 2 is 2.06 bits per heavy atom. The van der Waals surface area contributed by atoms with Crippen LogP contribution in [0, 0.1) is 0 Å². The maximum atomic E-state index is 4.76. The maximum Gasteiger partial charge on any atom is 0.112 e. The number of fused-ring (bicyclic) bond motifs is 1. The maximum absolute atomic E-state index is 4.76. The average molecular weight is 212 g/mol. The highest BCUT2D eigenvalue weighted by Gasteiger charge is 2.19. The van der Waals surface area contributed by atoms with Crippen LogP contribution in [0.3, 0.4) is 0 Å². The molecule has 0 N–H and O–H groups in total. The van der Waals surface area contributed by atoms with E-state index >= 15 is 0 Å². The number of rotatable bonds is 1. The molecule has 2 aromatic rings. The lowest BCUT2D eigenvalue weighted by molar-refractivity contribution is 0.463. The van der Waals surface area contributed by atoms with Gasteiger partial charge in [0.05, 0.1) is 5.69 Å². The van der Waals surface area contributed by atoms with Crippen molar-refractivity contribution >= 4 is 0 Å². The highest BCUT2D eigenvalue weighted by atomic mass is 15.1. The Labute approximate surface area is 95.9 Å². The Hall–Kier alpha value is -1.57. The van der Waals surface area contributed by atoms with Gasteiger partial charge in [-0.2, -0.15) is 0 Å². The molecule has 1 aromatic heterocycles. The van der Waals surface area contributed by atoms with E-state index < -0.39 is 0 Å². The van der Waals surface area contributed by atoms with Crippen molar-refractivity contribution < 1.29 is 0 Å². The number of aromatic nitrogens is 2. The van der Waals surface area contributed by atoms with Crippen LogP contribution < -0.4 is 0 Å². The van der Waals surface area contributed by atoms with Crippen molar-refractivity contribution in [2.45, 2.75) is 32.2 Å². The van der Waals surface area contributed by atoms with Crippen LogP contribution in [0.25, 0.3) is 11.3 Å². The topological polar surface area (TPSA) is 17.8 Å². The first-order chi connectivity index (χ1) is 7.84. The Kier molecular flexibility index (Phi) is 2.28. The minimum absolute atomic E-state index is 0.603. The van der Waals surface area contributed by atoms with Crippen molar-refractivity contribution in [1.82, 2.24) is 9.55 Å². The first-order valence-electron chi connectivity index (χ1n) is 5.97. The Bertz CT molecular complexity index is 485. The summed E-state index contributed by atoms with van der Waals surface area (Å²) in [5.41, 5.74) is 2.33. The lowest BCUT2D eigenvalue weighted by Crippen LogP contribution is -2.12. The van der Waals surface area contributed by atoms with Gasteiger partial charge in [-0.05, 0) is 12.8 Å². The van der Waals surface area contributed by atoms with Crippen molar-refractivity contribution in [3.63, 3.8) is 0 Å². The van der Waals surface area contributed by atoms with Crippen LogP contribution >= 0.6 is 0 Å². The molecule has 0 aliphatic carbocycles. The van der Waals surface area contributed by atoms with Crippen LogP contribution in [0.15, 0.2) is 36.5 Å². The van der Waals surface area contributed by atoms with Crippen molar-refractivity contribution in [2.75, 3.05) is 0 Å². The van der Waals surface area contributed by atoms with Gasteiger partial charge >= 0.3 is 0 Å². The largest absolute Gasteiger partial charge is 0.334 e. The van der Waals surface area contributed by atoms with Crippen LogP contribution in [-0.2, 0) is 6.54 Å². The molecule has 1 aliphatic rings. The van der Waals surface area contributed by atoms with Gasteiger partial charge in [-0.1, -0.05) is 37.3 Å². The van der Waals surface area contributed by atoms with Gasteiger partial charge in [-0.25, -0.2) is 4.98 Å². The van der Waals surface area contributed by atoms with Gasteiger partial charge in [0.1, 0.15) is 5.82 Å². The molecular formula is C14H16N2. The molecule has 0 bridgehead atoms. The molecule has 82 valence electrons. The van der Waals surface area contributed by atoms with Gasteiger partial charge < -0.3 is 4.57 Å². The third kappa shape index (κ3) is 1.54. The fourth-order valence-corrected chi connectivity index (χ4v) is 2.45. The zero-order chi connectivity index (χ0) is 11.0. The normalized spacial score (nSPS) is 19.4. The van der Waals surface area contributed by atoms with E-state index in [-0.39, 0.29) is 0 Å². The summed E-state index contributed by atoms with van der Waals surface area (Å²) in [5.74, 6) is 1.86. The van der Waals surface area contributed by atoms with Gasteiger partial charge in [0.15, 0.2) is 0 Å². The second-order valence-corrected chi connectivity index (χ2v) is 4.59. The summed E-state index contributed by atoms with van der Waals surface area (Å²) in [7, 11) is 0. The van der Waals surface area contributed by atoms with Crippen LogP contribution in [-0.4, -0.2) is 9.55 Å². The van der Waals surface area contributed by atoms with E-state index in [9.17, 15) is 0 Å². The molecule has 0 unspecified atom stereocenters. The van der Waals surface area contributed by atoms with Crippen LogP contribution in [0.2, 0.25) is 0 Å². The predicted octanol–water partition coefficient (Wildman–Crippen LogP) is 3.45. The molecule has 2 heterocycles. The molecule has 1 atom stereocenters. The number of benzene rings is 1. The van der Waals surface area contributed by atoms with Crippen LogP contribution in [0.4, 0.5) is 0 Å². The zero-order valence-electron chi connectivity index (χ0n) is 9.56. The number of imidazole rings is 1. The summed E-state index contributed by atoms with van der Waals surface area (Å²) in [5, 5.41) is 0. The SMILES string of the molecule is C[C@H]1CCCn2cc(-c3ccccc3)nc21. The van der Waals surface area contributed by atoms with E-state index in [0.29, 0.717) is 5.92 Å². The molecule has 0 saturated carbocycles. The molecule has 1 aliphatic heterocycles. The second kappa shape index (κ2) is 3.78. The summed E-state index contributed by atoms with van der Waals surface area (Å²) in [6.45, 7) is 3.40. The lowest BCUT2D eigenvalue weighted by Gasteiger charge is -2.19. The first kappa shape index (κ1) is 9.64. The van der Waals surface area contributed by atoms with Gasteiger partial charge in [0.25, 0.3) is 0 Å². The standard InChI is InChI=1S/C14H16N2/c1-11-6-5-9-16-10-13(15-14(11)16)12-7-3-2-4-8-12/h2-4,7-8,10-11H,5-6,9H2,1H3/t11-/m0/s1. The fourth-order valence-electron chi connectivity index (χ4n) is 2.45. The smallest absolute Gasteiger partial charge is 0.112 e. The third-order valence-corrected chi connectivity index (χ3v) is 3.35. The fraction of sp³-hybridized carbons (Fsp3) is 0.357. The third-order valence-electron chi connectivity index (χ3n) is 3.35. The Morgan fingerprint density at radius 1 is 1.25 bits per heavy atom. The van der Waals surface area contributed by atoms with Gasteiger partial charge in [-0.15, -0.1) is 0 Å². The molecule has 0 fully saturated rings. The number of hydrogen-bond acceptors (Lipinski definition) is 1. The molecular weight excluding hydrogens is 196 g/mol. The molecule has 3 rings (SSSR count). The molecule has 2 nitrogen and oxygen atoms in total. The van der Waals surface area contributed by atoms with Crippen molar-refractivity contribution in [1.29, 1.82) is 0 Å². The van der Waals surface area contributed by atoms with Gasteiger partial charge in [0.2, 0.25) is 0 Å². The summed E-state index contributed by atoms with van der Waals surface area (Å²) < 4.78 is 2.32. The van der Waals surface area contributed by atoms with Crippen molar-refractivity contribution in [2.24, 2.45) is 0 Å². The van der Waals surface area contributed by atoms with Crippen LogP contribution in [0.1, 0.15) is 31.5 Å². The number of nitrogens with zero attached hydrogens (tertiary/aromatic N) is 2. The molecule has 1 aromatic carbocycles. The monoisotopic (exact) mass is 212 g/mol. The van der Waals surface area contributed by atoms with E-state index in [1.54, 1.807) is 0 Å². The zero-order valence-corrected chi connectivity index (χ0v) is 9.56. The van der Waals surface area contributed by atoms with Crippen molar-refractivity contribution in [3.05, 3.63) is 42.4 Å². The molecule has 0 saturated heterocycles. The molecule has 0 spiro atoms. The van der Waals surface area contributed by atoms with E-state index in [0.717, 1.165) is 12.2 Å². The predicted molar refractivity (Wildman–Crippen MR) is 65.3 cm³/mol. The first-order valence-corrected chi connectivity index (χ1v) is 5.97. The summed E-state index contributed by atoms with van der Waals surface area (Å²) >= 11 is 0. The molecule has 16 heavy (non-hydrogen) atoms. The van der Waals surface area contributed by atoms with E-state index in [1.165, 1.54) is 24.2 Å². The summed E-state index contributed by atoms with van der Waals surface area (Å²) in [4.78, 5) is 4.76. The molecule has 0 radical (unpaired) electrons. The minimum atomic E-state index is 0.603. The van der Waals surface area contributed by atoms with E-state index in [4.69, 9.17) is 4.98 Å². The highest BCUT2D eigenvalue weighted by Crippen LogP contribution is 2.28. The van der Waals surface area contributed by atoms with Crippen molar-refractivity contribution in [3.8, 4) is 11.3 Å². The Balaban J connectivity index is 2.05. The number of hydrogen-bond donors (Lipinski definition) is 0. The second-order valence-electron chi connectivity index (χ2n) is 4.59. The number of aryl methyl sites for hydroxylation is 1. The Morgan fingerprint density at radius 3 is 2.81 bits per heavy atom. The summed E-state index contributed by atoms with van der Waals surface area (Å²) in [6, 6.07) is 10.4. The lowest BCUT2D eigenvalue weighted by atomic mass is 10.0. The molecule has 0 amide bonds. The summed E-state index contributed by atoms with van der Waals surface area (Å²) in [6.07, 6.45) is 4.74. The van der Waals surface area contributed by atoms with E-state index in [2.05, 4.69) is 42.0 Å². The quantitative estimate of drug-likeness (QED) is 0.708. The highest BCUT2D eigenvalue weighted by molar-refractivity contribution is 5.58. The van der Waals surface area contributed by atoms with Gasteiger partial charge in [-0.3, -0.25) is 0 Å². The van der Waals surface area contributed by atoms with E-state index in [1.807, 2.05) is 6.07 Å². The van der Waals surface area contributed by atoms with Gasteiger partial charge in [0, 0.05) is 24.2 Å².